The molecule has 0 spiro atoms. The Balaban J connectivity index is 0.00000176. The van der Waals surface area contributed by atoms with Gasteiger partial charge in [0.15, 0.2) is 0 Å². The number of benzene rings is 1. The molecule has 0 bridgehead atoms. The molecule has 0 aliphatic carbocycles. The van der Waals surface area contributed by atoms with E-state index >= 15 is 0 Å². The molecule has 118 valence electrons. The molecule has 1 fully saturated rings. The van der Waals surface area contributed by atoms with Gasteiger partial charge in [0.05, 0.1) is 5.02 Å². The van der Waals surface area contributed by atoms with Gasteiger partial charge in [0.25, 0.3) is 5.91 Å². The lowest BCUT2D eigenvalue weighted by Gasteiger charge is -2.16. The predicted octanol–water partition coefficient (Wildman–Crippen LogP) is 2.90. The molecule has 22 heavy (non-hydrogen) atoms. The van der Waals surface area contributed by atoms with Gasteiger partial charge in [-0.2, -0.15) is 0 Å². The van der Waals surface area contributed by atoms with Crippen molar-refractivity contribution in [3.05, 3.63) is 58.9 Å². The van der Waals surface area contributed by atoms with Crippen molar-refractivity contribution in [1.29, 1.82) is 0 Å². The number of amides is 1. The zero-order valence-corrected chi connectivity index (χ0v) is 13.6. The highest BCUT2D eigenvalue weighted by molar-refractivity contribution is 6.30. The van der Waals surface area contributed by atoms with Crippen molar-refractivity contribution < 1.29 is 4.79 Å². The molecule has 2 heterocycles. The van der Waals surface area contributed by atoms with Crippen molar-refractivity contribution in [2.24, 2.45) is 11.7 Å². The number of nitrogens with zero attached hydrogens (tertiary/aromatic N) is 1. The minimum absolute atomic E-state index is 0. The molecule has 0 saturated carbocycles. The maximum atomic E-state index is 12.5. The highest BCUT2D eigenvalue weighted by Crippen LogP contribution is 2.32. The largest absolute Gasteiger partial charge is 0.356 e. The Morgan fingerprint density at radius 2 is 2.05 bits per heavy atom. The lowest BCUT2D eigenvalue weighted by molar-refractivity contribution is 0.0781. The third-order valence-electron chi connectivity index (χ3n) is 4.14. The Hall–Kier alpha value is -1.49. The van der Waals surface area contributed by atoms with E-state index in [0.29, 0.717) is 42.2 Å². The van der Waals surface area contributed by atoms with Crippen LogP contribution < -0.4 is 5.73 Å². The maximum absolute atomic E-state index is 12.5. The molecule has 1 aromatic heterocycles. The Kier molecular flexibility index (Phi) is 5.51. The molecule has 2 atom stereocenters. The van der Waals surface area contributed by atoms with Gasteiger partial charge < -0.3 is 15.6 Å². The number of nitrogens with one attached hydrogen (secondary N) is 1. The van der Waals surface area contributed by atoms with Crippen molar-refractivity contribution >= 4 is 29.9 Å². The average molecular weight is 340 g/mol. The second-order valence-corrected chi connectivity index (χ2v) is 5.89. The quantitative estimate of drug-likeness (QED) is 0.902. The number of carbonyl (C=O) groups is 1. The number of rotatable bonds is 3. The van der Waals surface area contributed by atoms with Gasteiger partial charge in [-0.25, -0.2) is 0 Å². The monoisotopic (exact) mass is 339 g/mol. The molecular formula is C16H19Cl2N3O. The van der Waals surface area contributed by atoms with Gasteiger partial charge in [-0.1, -0.05) is 41.9 Å². The van der Waals surface area contributed by atoms with E-state index in [2.05, 4.69) is 17.1 Å². The third-order valence-corrected chi connectivity index (χ3v) is 4.36. The molecule has 1 aromatic carbocycles. The lowest BCUT2D eigenvalue weighted by atomic mass is 9.89. The van der Waals surface area contributed by atoms with Crippen molar-refractivity contribution in [2.75, 3.05) is 19.6 Å². The fourth-order valence-electron chi connectivity index (χ4n) is 3.02. The van der Waals surface area contributed by atoms with E-state index in [4.69, 9.17) is 17.3 Å². The van der Waals surface area contributed by atoms with Crippen molar-refractivity contribution in [3.8, 4) is 0 Å². The summed E-state index contributed by atoms with van der Waals surface area (Å²) in [5.74, 6) is 0.575. The summed E-state index contributed by atoms with van der Waals surface area (Å²) in [6.45, 7) is 1.96. The van der Waals surface area contributed by atoms with E-state index in [9.17, 15) is 4.79 Å². The molecule has 0 radical (unpaired) electrons. The van der Waals surface area contributed by atoms with E-state index in [1.807, 2.05) is 23.1 Å². The molecule has 1 amide bonds. The number of nitrogens with two attached hydrogens (primary N) is 1. The van der Waals surface area contributed by atoms with Gasteiger partial charge in [-0.15, -0.1) is 12.4 Å². The van der Waals surface area contributed by atoms with Crippen LogP contribution in [0.25, 0.3) is 0 Å². The summed E-state index contributed by atoms with van der Waals surface area (Å²) in [4.78, 5) is 17.3. The number of hydrogen-bond acceptors (Lipinski definition) is 2. The molecule has 2 aromatic rings. The van der Waals surface area contributed by atoms with Gasteiger partial charge in [-0.05, 0) is 24.1 Å². The van der Waals surface area contributed by atoms with E-state index < -0.39 is 0 Å². The van der Waals surface area contributed by atoms with Crippen LogP contribution in [0, 0.1) is 5.92 Å². The molecule has 1 aliphatic rings. The zero-order valence-electron chi connectivity index (χ0n) is 12.0. The predicted molar refractivity (Wildman–Crippen MR) is 90.7 cm³/mol. The minimum Gasteiger partial charge on any atom is -0.356 e. The topological polar surface area (TPSA) is 62.1 Å². The Morgan fingerprint density at radius 3 is 2.64 bits per heavy atom. The Labute approximate surface area is 141 Å². The normalized spacial score (nSPS) is 20.7. The van der Waals surface area contributed by atoms with E-state index in [0.717, 1.165) is 0 Å². The number of halogens is 2. The fraction of sp³-hybridized carbons (Fsp3) is 0.312. The molecule has 1 saturated heterocycles. The van der Waals surface area contributed by atoms with Gasteiger partial charge in [0, 0.05) is 25.2 Å². The highest BCUT2D eigenvalue weighted by Gasteiger charge is 2.35. The SMILES string of the molecule is Cl.NC[C@@H]1CN(C(=O)c2cc(Cl)c[nH]2)C[C@H]1c1ccccc1. The third kappa shape index (κ3) is 3.29. The lowest BCUT2D eigenvalue weighted by Crippen LogP contribution is -2.30. The van der Waals surface area contributed by atoms with Crippen LogP contribution in [0.15, 0.2) is 42.6 Å². The van der Waals surface area contributed by atoms with Crippen LogP contribution in [-0.4, -0.2) is 35.4 Å². The molecule has 0 unspecified atom stereocenters. The van der Waals surface area contributed by atoms with E-state index in [-0.39, 0.29) is 18.3 Å². The number of aromatic amines is 1. The summed E-state index contributed by atoms with van der Waals surface area (Å²) in [5.41, 5.74) is 7.68. The number of carbonyl (C=O) groups excluding carboxylic acids is 1. The fourth-order valence-corrected chi connectivity index (χ4v) is 3.18. The Bertz CT molecular complexity index is 629. The van der Waals surface area contributed by atoms with Crippen LogP contribution >= 0.6 is 24.0 Å². The van der Waals surface area contributed by atoms with Crippen LogP contribution in [0.5, 0.6) is 0 Å². The molecular weight excluding hydrogens is 321 g/mol. The second kappa shape index (κ2) is 7.18. The Morgan fingerprint density at radius 1 is 1.32 bits per heavy atom. The first-order valence-electron chi connectivity index (χ1n) is 7.07. The maximum Gasteiger partial charge on any atom is 0.270 e. The first kappa shape index (κ1) is 16.9. The molecule has 3 rings (SSSR count). The van der Waals surface area contributed by atoms with Gasteiger partial charge in [-0.3, -0.25) is 4.79 Å². The summed E-state index contributed by atoms with van der Waals surface area (Å²) in [5, 5.41) is 0.549. The highest BCUT2D eigenvalue weighted by atomic mass is 35.5. The smallest absolute Gasteiger partial charge is 0.270 e. The molecule has 3 N–H and O–H groups in total. The number of aromatic nitrogens is 1. The van der Waals surface area contributed by atoms with Crippen LogP contribution in [-0.2, 0) is 0 Å². The van der Waals surface area contributed by atoms with Gasteiger partial charge >= 0.3 is 0 Å². The standard InChI is InChI=1S/C16H18ClN3O.ClH/c17-13-6-15(19-8-13)16(21)20-9-12(7-18)14(10-20)11-4-2-1-3-5-11;/h1-6,8,12,14,19H,7,9-10,18H2;1H/t12-,14+;/m1./s1. The number of hydrogen-bond donors (Lipinski definition) is 2. The summed E-state index contributed by atoms with van der Waals surface area (Å²) >= 11 is 5.87. The number of likely N-dealkylation sites (tertiary alicyclic amines) is 1. The van der Waals surface area contributed by atoms with Crippen LogP contribution in [0.1, 0.15) is 22.0 Å². The van der Waals surface area contributed by atoms with Gasteiger partial charge in [0.1, 0.15) is 5.69 Å². The van der Waals surface area contributed by atoms with Crippen molar-refractivity contribution in [1.82, 2.24) is 9.88 Å². The summed E-state index contributed by atoms with van der Waals surface area (Å²) < 4.78 is 0. The molecule has 4 nitrogen and oxygen atoms in total. The van der Waals surface area contributed by atoms with Crippen LogP contribution in [0.3, 0.4) is 0 Å². The molecule has 6 heteroatoms. The molecule has 1 aliphatic heterocycles. The van der Waals surface area contributed by atoms with Crippen molar-refractivity contribution in [3.63, 3.8) is 0 Å². The second-order valence-electron chi connectivity index (χ2n) is 5.45. The summed E-state index contributed by atoms with van der Waals surface area (Å²) in [7, 11) is 0. The van der Waals surface area contributed by atoms with Crippen molar-refractivity contribution in [2.45, 2.75) is 5.92 Å². The number of H-pyrrole nitrogens is 1. The average Bonchev–Trinajstić information content (AvgIpc) is 3.13. The zero-order chi connectivity index (χ0) is 14.8. The van der Waals surface area contributed by atoms with E-state index in [1.54, 1.807) is 12.3 Å². The van der Waals surface area contributed by atoms with E-state index in [1.165, 1.54) is 5.56 Å². The first-order valence-corrected chi connectivity index (χ1v) is 7.45. The summed E-state index contributed by atoms with van der Waals surface area (Å²) in [6, 6.07) is 11.9. The first-order chi connectivity index (χ1) is 10.2. The van der Waals surface area contributed by atoms with Crippen LogP contribution in [0.2, 0.25) is 5.02 Å². The summed E-state index contributed by atoms with van der Waals surface area (Å²) in [6.07, 6.45) is 1.62. The minimum atomic E-state index is -0.0150. The van der Waals surface area contributed by atoms with Crippen LogP contribution in [0.4, 0.5) is 0 Å². The van der Waals surface area contributed by atoms with Gasteiger partial charge in [0.2, 0.25) is 0 Å².